The van der Waals surface area contributed by atoms with Gasteiger partial charge in [0.2, 0.25) is 11.8 Å². The molecule has 0 atom stereocenters. The molecule has 2 aromatic heterocycles. The Hall–Kier alpha value is -6.66. The number of nitrogens with one attached hydrogen (secondary N) is 4. The minimum absolute atomic E-state index is 0.112. The highest BCUT2D eigenvalue weighted by atomic mass is 16.5. The Bertz CT molecular complexity index is 2020. The second kappa shape index (κ2) is 15.3. The summed E-state index contributed by atoms with van der Waals surface area (Å²) >= 11 is 0. The normalized spacial score (nSPS) is 10.7. The molecular weight excluding hydrogens is 620 g/mol. The van der Waals surface area contributed by atoms with Gasteiger partial charge in [0, 0.05) is 19.5 Å². The van der Waals surface area contributed by atoms with E-state index in [4.69, 9.17) is 21.3 Å². The predicted octanol–water partition coefficient (Wildman–Crippen LogP) is 5.43. The summed E-state index contributed by atoms with van der Waals surface area (Å²) in [6, 6.07) is 27.6. The van der Waals surface area contributed by atoms with Crippen molar-refractivity contribution in [2.24, 2.45) is 0 Å². The number of aromatic nitrogens is 4. The second-order valence-corrected chi connectivity index (χ2v) is 11.3. The monoisotopic (exact) mass is 652 g/mol. The molecule has 0 aliphatic heterocycles. The number of hydrogen-bond donors (Lipinski definition) is 4. The summed E-state index contributed by atoms with van der Waals surface area (Å²) < 4.78 is 11.7. The van der Waals surface area contributed by atoms with E-state index in [0.29, 0.717) is 61.1 Å². The first kappa shape index (κ1) is 32.3. The zero-order chi connectivity index (χ0) is 34.0. The van der Waals surface area contributed by atoms with Gasteiger partial charge in [-0.1, -0.05) is 30.3 Å². The van der Waals surface area contributed by atoms with Gasteiger partial charge in [0.05, 0.1) is 66.3 Å². The van der Waals surface area contributed by atoms with Gasteiger partial charge in [-0.05, 0) is 65.7 Å². The third-order valence-electron chi connectivity index (χ3n) is 7.61. The standard InChI is InChI=1S/C37H32N8O4/c1-39-27-8-14-31-33(18-27)45-35(43-31)20-37(47)41-23-25-5-11-29(12-6-25)49-16-2-15-48-28-9-3-24(4-10-28)22-40-36(46)19-34-42-30-13-7-26(21-38)17-32(30)44-34/h3-14,17-18H,2,15-16,19-20,22-23H2,(H,40,46)(H,41,47)(H,42,44)(H,43,45). The topological polar surface area (TPSA) is 162 Å². The van der Waals surface area contributed by atoms with Crippen LogP contribution in [0.5, 0.6) is 11.5 Å². The molecule has 6 aromatic rings. The van der Waals surface area contributed by atoms with Crippen molar-refractivity contribution in [2.45, 2.75) is 32.4 Å². The second-order valence-electron chi connectivity index (χ2n) is 11.3. The summed E-state index contributed by atoms with van der Waals surface area (Å²) in [5.41, 5.74) is 5.85. The fourth-order valence-corrected chi connectivity index (χ4v) is 5.10. The maximum absolute atomic E-state index is 12.4. The summed E-state index contributed by atoms with van der Waals surface area (Å²) in [7, 11) is 0. The van der Waals surface area contributed by atoms with Crippen molar-refractivity contribution in [2.75, 3.05) is 13.2 Å². The Morgan fingerprint density at radius 1 is 0.735 bits per heavy atom. The Kier molecular flexibility index (Phi) is 10.1. The Balaban J connectivity index is 0.847. The number of carbonyl (C=O) groups excluding carboxylic acids is 2. The number of nitrogens with zero attached hydrogens (tertiary/aromatic N) is 4. The van der Waals surface area contributed by atoms with Gasteiger partial charge in [-0.25, -0.2) is 14.8 Å². The van der Waals surface area contributed by atoms with Crippen LogP contribution in [0, 0.1) is 17.9 Å². The third kappa shape index (κ3) is 8.78. The zero-order valence-electron chi connectivity index (χ0n) is 26.5. The van der Waals surface area contributed by atoms with Crippen molar-refractivity contribution in [3.63, 3.8) is 0 Å². The summed E-state index contributed by atoms with van der Waals surface area (Å²) in [5, 5.41) is 14.9. The van der Waals surface area contributed by atoms with Gasteiger partial charge in [-0.15, -0.1) is 0 Å². The lowest BCUT2D eigenvalue weighted by molar-refractivity contribution is -0.121. The van der Waals surface area contributed by atoms with E-state index in [1.54, 1.807) is 36.4 Å². The molecule has 12 heteroatoms. The first-order chi connectivity index (χ1) is 23.9. The number of aromatic amines is 2. The number of fused-ring (bicyclic) bond motifs is 2. The molecule has 6 rings (SSSR count). The number of ether oxygens (including phenoxy) is 2. The van der Waals surface area contributed by atoms with Gasteiger partial charge in [0.1, 0.15) is 23.1 Å². The molecule has 0 aliphatic carbocycles. The quantitative estimate of drug-likeness (QED) is 0.0901. The fraction of sp³-hybridized carbons (Fsp3) is 0.189. The van der Waals surface area contributed by atoms with E-state index in [-0.39, 0.29) is 24.7 Å². The minimum atomic E-state index is -0.158. The van der Waals surface area contributed by atoms with Crippen LogP contribution in [0.25, 0.3) is 26.9 Å². The number of nitriles is 1. The molecule has 49 heavy (non-hydrogen) atoms. The lowest BCUT2D eigenvalue weighted by Gasteiger charge is -2.10. The van der Waals surface area contributed by atoms with Crippen LogP contribution in [0.3, 0.4) is 0 Å². The smallest absolute Gasteiger partial charge is 0.227 e. The van der Waals surface area contributed by atoms with Crippen LogP contribution in [0.1, 0.15) is 34.8 Å². The van der Waals surface area contributed by atoms with Gasteiger partial charge in [-0.2, -0.15) is 5.26 Å². The number of H-pyrrole nitrogens is 2. The molecule has 2 heterocycles. The maximum atomic E-state index is 12.4. The number of rotatable bonds is 14. The molecule has 0 bridgehead atoms. The van der Waals surface area contributed by atoms with Gasteiger partial charge >= 0.3 is 0 Å². The van der Waals surface area contributed by atoms with Gasteiger partial charge in [0.25, 0.3) is 0 Å². The highest BCUT2D eigenvalue weighted by molar-refractivity contribution is 5.83. The Labute approximate surface area is 281 Å². The predicted molar refractivity (Wildman–Crippen MR) is 183 cm³/mol. The summed E-state index contributed by atoms with van der Waals surface area (Å²) in [4.78, 5) is 43.3. The molecular formula is C37H32N8O4. The van der Waals surface area contributed by atoms with E-state index in [2.05, 4.69) is 41.5 Å². The van der Waals surface area contributed by atoms with E-state index in [9.17, 15) is 9.59 Å². The molecule has 244 valence electrons. The van der Waals surface area contributed by atoms with Crippen molar-refractivity contribution in [3.8, 4) is 17.6 Å². The molecule has 2 amide bonds. The average molecular weight is 653 g/mol. The number of benzene rings is 4. The first-order valence-corrected chi connectivity index (χ1v) is 15.7. The SMILES string of the molecule is [C-]#[N+]c1ccc2nc(CC(=O)NCc3ccc(OCCCOc4ccc(CNC(=O)Cc5nc6ccc(C#N)cc6[nH]5)cc4)cc3)[nH]c2c1. The van der Waals surface area contributed by atoms with Crippen molar-refractivity contribution >= 4 is 39.6 Å². The van der Waals surface area contributed by atoms with Gasteiger partial charge in [-0.3, -0.25) is 9.59 Å². The van der Waals surface area contributed by atoms with Crippen LogP contribution >= 0.6 is 0 Å². The summed E-state index contributed by atoms with van der Waals surface area (Å²) in [6.45, 7) is 8.86. The van der Waals surface area contributed by atoms with E-state index in [1.807, 2.05) is 48.5 Å². The largest absolute Gasteiger partial charge is 0.493 e. The molecule has 0 saturated heterocycles. The van der Waals surface area contributed by atoms with Crippen LogP contribution in [-0.4, -0.2) is 45.0 Å². The summed E-state index contributed by atoms with van der Waals surface area (Å²) in [6.07, 6.45) is 0.920. The lowest BCUT2D eigenvalue weighted by atomic mass is 10.2. The van der Waals surface area contributed by atoms with Gasteiger partial charge < -0.3 is 30.1 Å². The molecule has 0 unspecified atom stereocenters. The third-order valence-corrected chi connectivity index (χ3v) is 7.61. The highest BCUT2D eigenvalue weighted by Crippen LogP contribution is 2.20. The van der Waals surface area contributed by atoms with Crippen molar-refractivity contribution in [1.29, 1.82) is 5.26 Å². The molecule has 0 aliphatic rings. The zero-order valence-corrected chi connectivity index (χ0v) is 26.5. The van der Waals surface area contributed by atoms with Crippen LogP contribution in [-0.2, 0) is 35.5 Å². The Morgan fingerprint density at radius 3 is 1.76 bits per heavy atom. The molecule has 4 N–H and O–H groups in total. The van der Waals surface area contributed by atoms with E-state index in [0.717, 1.165) is 39.2 Å². The van der Waals surface area contributed by atoms with E-state index < -0.39 is 0 Å². The molecule has 0 saturated carbocycles. The molecule has 0 spiro atoms. The Morgan fingerprint density at radius 2 is 1.24 bits per heavy atom. The number of amides is 2. The molecule has 12 nitrogen and oxygen atoms in total. The first-order valence-electron chi connectivity index (χ1n) is 15.7. The summed E-state index contributed by atoms with van der Waals surface area (Å²) in [5.74, 6) is 2.25. The molecule has 0 fully saturated rings. The number of hydrogen-bond acceptors (Lipinski definition) is 7. The van der Waals surface area contributed by atoms with Crippen molar-refractivity contribution < 1.29 is 19.1 Å². The minimum Gasteiger partial charge on any atom is -0.493 e. The highest BCUT2D eigenvalue weighted by Gasteiger charge is 2.11. The number of carbonyl (C=O) groups is 2. The lowest BCUT2D eigenvalue weighted by Crippen LogP contribution is -2.24. The number of imidazole rings is 2. The van der Waals surface area contributed by atoms with Crippen LogP contribution in [0.2, 0.25) is 0 Å². The van der Waals surface area contributed by atoms with E-state index >= 15 is 0 Å². The average Bonchev–Trinajstić information content (AvgIpc) is 3.72. The van der Waals surface area contributed by atoms with Crippen molar-refractivity contribution in [1.82, 2.24) is 30.6 Å². The van der Waals surface area contributed by atoms with Crippen LogP contribution < -0.4 is 20.1 Å². The van der Waals surface area contributed by atoms with Crippen LogP contribution in [0.4, 0.5) is 5.69 Å². The fourth-order valence-electron chi connectivity index (χ4n) is 5.10. The van der Waals surface area contributed by atoms with Crippen LogP contribution in [0.15, 0.2) is 84.9 Å². The van der Waals surface area contributed by atoms with Crippen molar-refractivity contribution in [3.05, 3.63) is 125 Å². The van der Waals surface area contributed by atoms with Gasteiger partial charge in [0.15, 0.2) is 5.69 Å². The maximum Gasteiger partial charge on any atom is 0.227 e. The van der Waals surface area contributed by atoms with E-state index in [1.165, 1.54) is 0 Å². The molecule has 4 aromatic carbocycles. The molecule has 0 radical (unpaired) electrons.